The van der Waals surface area contributed by atoms with Crippen LogP contribution in [0.25, 0.3) is 0 Å². The summed E-state index contributed by atoms with van der Waals surface area (Å²) in [5.41, 5.74) is 0.155. The van der Waals surface area contributed by atoms with E-state index in [-0.39, 0.29) is 11.4 Å². The van der Waals surface area contributed by atoms with Crippen LogP contribution in [0.5, 0.6) is 0 Å². The fourth-order valence-electron chi connectivity index (χ4n) is 3.51. The first-order valence-electron chi connectivity index (χ1n) is 8.42. The number of aromatic nitrogens is 2. The minimum Gasteiger partial charge on any atom is -0.353 e. The van der Waals surface area contributed by atoms with Gasteiger partial charge >= 0.3 is 0 Å². The zero-order valence-electron chi connectivity index (χ0n) is 14.4. The number of aromatic amines is 1. The average Bonchev–Trinajstić information content (AvgIpc) is 3.01. The van der Waals surface area contributed by atoms with Crippen molar-refractivity contribution in [1.82, 2.24) is 15.3 Å². The Kier molecular flexibility index (Phi) is 4.07. The number of hydrogen-bond acceptors (Lipinski definition) is 4. The summed E-state index contributed by atoms with van der Waals surface area (Å²) in [6.07, 6.45) is 2.64. The molecule has 0 saturated carbocycles. The molecule has 2 N–H and O–H groups in total. The number of nitrogens with zero attached hydrogens (tertiary/aromatic N) is 2. The SMILES string of the molecule is C[C@@H]1N=C(c2cccc(=O)[nH]2)N[C@@]1(c1ccc(F)cc1)c1ccncc1F. The summed E-state index contributed by atoms with van der Waals surface area (Å²) in [6, 6.07) is 11.7. The Morgan fingerprint density at radius 2 is 1.85 bits per heavy atom. The molecule has 136 valence electrons. The van der Waals surface area contributed by atoms with E-state index in [4.69, 9.17) is 0 Å². The molecule has 0 aliphatic carbocycles. The average molecular weight is 366 g/mol. The highest BCUT2D eigenvalue weighted by molar-refractivity contribution is 5.99. The third-order valence-corrected chi connectivity index (χ3v) is 4.79. The van der Waals surface area contributed by atoms with Crippen LogP contribution in [0.1, 0.15) is 23.7 Å². The van der Waals surface area contributed by atoms with Crippen LogP contribution in [0.15, 0.2) is 70.7 Å². The van der Waals surface area contributed by atoms with Gasteiger partial charge in [0.15, 0.2) is 0 Å². The van der Waals surface area contributed by atoms with E-state index in [9.17, 15) is 13.6 Å². The lowest BCUT2D eigenvalue weighted by molar-refractivity contribution is 0.410. The van der Waals surface area contributed by atoms with E-state index >= 15 is 0 Å². The summed E-state index contributed by atoms with van der Waals surface area (Å²) in [5.74, 6) is -0.455. The second-order valence-corrected chi connectivity index (χ2v) is 6.38. The highest BCUT2D eigenvalue weighted by Crippen LogP contribution is 2.39. The van der Waals surface area contributed by atoms with Crippen LogP contribution >= 0.6 is 0 Å². The van der Waals surface area contributed by atoms with Gasteiger partial charge in [-0.15, -0.1) is 0 Å². The second-order valence-electron chi connectivity index (χ2n) is 6.38. The van der Waals surface area contributed by atoms with Crippen molar-refractivity contribution < 1.29 is 8.78 Å². The van der Waals surface area contributed by atoms with Crippen molar-refractivity contribution in [1.29, 1.82) is 0 Å². The molecule has 1 aliphatic heterocycles. The minimum atomic E-state index is -1.07. The van der Waals surface area contributed by atoms with Crippen LogP contribution in [0, 0.1) is 11.6 Å². The largest absolute Gasteiger partial charge is 0.353 e. The monoisotopic (exact) mass is 366 g/mol. The number of hydrogen-bond donors (Lipinski definition) is 2. The molecule has 5 nitrogen and oxygen atoms in total. The Bertz CT molecular complexity index is 1080. The van der Waals surface area contributed by atoms with Gasteiger partial charge < -0.3 is 10.3 Å². The quantitative estimate of drug-likeness (QED) is 0.749. The molecule has 0 radical (unpaired) electrons. The molecule has 3 aromatic rings. The molecule has 0 unspecified atom stereocenters. The Labute approximate surface area is 153 Å². The molecule has 2 atom stereocenters. The third-order valence-electron chi connectivity index (χ3n) is 4.79. The normalized spacial score (nSPS) is 21.6. The van der Waals surface area contributed by atoms with Gasteiger partial charge in [0.05, 0.1) is 17.9 Å². The molecule has 0 fully saturated rings. The lowest BCUT2D eigenvalue weighted by atomic mass is 9.78. The van der Waals surface area contributed by atoms with Gasteiger partial charge in [0.25, 0.3) is 0 Å². The fraction of sp³-hybridized carbons (Fsp3) is 0.150. The van der Waals surface area contributed by atoms with Crippen molar-refractivity contribution >= 4 is 5.84 Å². The minimum absolute atomic E-state index is 0.265. The Balaban J connectivity index is 1.89. The summed E-state index contributed by atoms with van der Waals surface area (Å²) < 4.78 is 28.2. The van der Waals surface area contributed by atoms with Gasteiger partial charge in [0, 0.05) is 17.8 Å². The number of aliphatic imine (C=N–C) groups is 1. The maximum atomic E-state index is 14.7. The van der Waals surface area contributed by atoms with Gasteiger partial charge in [-0.1, -0.05) is 18.2 Å². The molecule has 7 heteroatoms. The van der Waals surface area contributed by atoms with Crippen LogP contribution < -0.4 is 10.9 Å². The number of rotatable bonds is 3. The standard InChI is InChI=1S/C20H16F2N4O/c1-12-20(13-5-7-14(21)8-6-13,15-9-10-23-11-16(15)22)26-19(24-12)17-3-2-4-18(27)25-17/h2-12H,1H3,(H,24,26)(H,25,27)/t12-,20-/m0/s1. The summed E-state index contributed by atoms with van der Waals surface area (Å²) in [6.45, 7) is 1.84. The lowest BCUT2D eigenvalue weighted by Crippen LogP contribution is -2.48. The van der Waals surface area contributed by atoms with Crippen molar-refractivity contribution in [2.45, 2.75) is 18.5 Å². The van der Waals surface area contributed by atoms with E-state index < -0.39 is 17.4 Å². The van der Waals surface area contributed by atoms with Crippen LogP contribution in [-0.4, -0.2) is 21.8 Å². The van der Waals surface area contributed by atoms with E-state index in [1.54, 1.807) is 30.3 Å². The fourth-order valence-corrected chi connectivity index (χ4v) is 3.51. The molecule has 3 heterocycles. The van der Waals surface area contributed by atoms with Crippen LogP contribution in [0.2, 0.25) is 0 Å². The first kappa shape index (κ1) is 17.1. The zero-order chi connectivity index (χ0) is 19.0. The third kappa shape index (κ3) is 2.81. The number of amidine groups is 1. The molecular weight excluding hydrogens is 350 g/mol. The van der Waals surface area contributed by atoms with E-state index in [1.807, 2.05) is 6.92 Å². The van der Waals surface area contributed by atoms with Crippen molar-refractivity contribution in [3.05, 3.63) is 99.7 Å². The molecule has 4 rings (SSSR count). The zero-order valence-corrected chi connectivity index (χ0v) is 14.4. The lowest BCUT2D eigenvalue weighted by Gasteiger charge is -2.35. The van der Waals surface area contributed by atoms with Gasteiger partial charge in [0.2, 0.25) is 5.56 Å². The highest BCUT2D eigenvalue weighted by Gasteiger charge is 2.47. The maximum absolute atomic E-state index is 14.7. The van der Waals surface area contributed by atoms with Crippen LogP contribution in [-0.2, 0) is 5.54 Å². The molecule has 1 aromatic carbocycles. The molecule has 0 saturated heterocycles. The molecular formula is C20H16F2N4O. The predicted octanol–water partition coefficient (Wildman–Crippen LogP) is 2.73. The predicted molar refractivity (Wildman–Crippen MR) is 97.6 cm³/mol. The maximum Gasteiger partial charge on any atom is 0.248 e. The van der Waals surface area contributed by atoms with Gasteiger partial charge in [-0.2, -0.15) is 0 Å². The number of halogens is 2. The first-order chi connectivity index (χ1) is 13.0. The molecule has 0 spiro atoms. The molecule has 0 amide bonds. The van der Waals surface area contributed by atoms with E-state index in [2.05, 4.69) is 20.3 Å². The van der Waals surface area contributed by atoms with Crippen LogP contribution in [0.3, 0.4) is 0 Å². The van der Waals surface area contributed by atoms with Crippen molar-refractivity contribution in [3.8, 4) is 0 Å². The van der Waals surface area contributed by atoms with Crippen LogP contribution in [0.4, 0.5) is 8.78 Å². The molecule has 27 heavy (non-hydrogen) atoms. The molecule has 1 aliphatic rings. The first-order valence-corrected chi connectivity index (χ1v) is 8.42. The Morgan fingerprint density at radius 1 is 1.07 bits per heavy atom. The number of H-pyrrole nitrogens is 1. The van der Waals surface area contributed by atoms with Gasteiger partial charge in [0.1, 0.15) is 23.0 Å². The topological polar surface area (TPSA) is 70.1 Å². The van der Waals surface area contributed by atoms with Crippen molar-refractivity contribution in [3.63, 3.8) is 0 Å². The number of benzene rings is 1. The summed E-state index contributed by atoms with van der Waals surface area (Å²) in [7, 11) is 0. The van der Waals surface area contributed by atoms with Crippen molar-refractivity contribution in [2.24, 2.45) is 4.99 Å². The summed E-state index contributed by atoms with van der Waals surface area (Å²) in [4.78, 5) is 22.8. The molecule has 2 aromatic heterocycles. The van der Waals surface area contributed by atoms with E-state index in [0.29, 0.717) is 22.7 Å². The second kappa shape index (κ2) is 6.42. The van der Waals surface area contributed by atoms with Gasteiger partial charge in [-0.05, 0) is 36.8 Å². The Morgan fingerprint density at radius 3 is 2.56 bits per heavy atom. The van der Waals surface area contributed by atoms with Gasteiger partial charge in [-0.3, -0.25) is 14.8 Å². The smallest absolute Gasteiger partial charge is 0.248 e. The number of pyridine rings is 2. The van der Waals surface area contributed by atoms with E-state index in [0.717, 1.165) is 6.20 Å². The molecule has 0 bridgehead atoms. The van der Waals surface area contributed by atoms with Gasteiger partial charge in [-0.25, -0.2) is 8.78 Å². The number of nitrogens with one attached hydrogen (secondary N) is 2. The Hall–Kier alpha value is -3.35. The highest BCUT2D eigenvalue weighted by atomic mass is 19.1. The van der Waals surface area contributed by atoms with E-state index in [1.165, 1.54) is 24.4 Å². The van der Waals surface area contributed by atoms with Crippen molar-refractivity contribution in [2.75, 3.05) is 0 Å². The summed E-state index contributed by atoms with van der Waals surface area (Å²) in [5, 5.41) is 3.28. The summed E-state index contributed by atoms with van der Waals surface area (Å²) >= 11 is 0.